The van der Waals surface area contributed by atoms with Crippen LogP contribution in [-0.2, 0) is 12.8 Å². The Morgan fingerprint density at radius 3 is 2.52 bits per heavy atom. The molecule has 1 aliphatic rings. The van der Waals surface area contributed by atoms with Crippen molar-refractivity contribution in [2.45, 2.75) is 25.7 Å². The van der Waals surface area contributed by atoms with Crippen LogP contribution in [0, 0.1) is 11.7 Å². The van der Waals surface area contributed by atoms with Gasteiger partial charge in [-0.2, -0.15) is 4.98 Å². The van der Waals surface area contributed by atoms with Gasteiger partial charge in [-0.15, -0.1) is 0 Å². The summed E-state index contributed by atoms with van der Waals surface area (Å²) in [6.07, 6.45) is 5.88. The van der Waals surface area contributed by atoms with Crippen molar-refractivity contribution in [2.24, 2.45) is 5.92 Å². The number of nitrogens with one attached hydrogen (secondary N) is 1. The molecule has 1 aromatic heterocycles. The zero-order chi connectivity index (χ0) is 19.9. The highest BCUT2D eigenvalue weighted by Gasteiger charge is 2.21. The maximum atomic E-state index is 13.7. The first-order valence-corrected chi connectivity index (χ1v) is 10.4. The van der Waals surface area contributed by atoms with Crippen molar-refractivity contribution in [1.82, 2.24) is 9.97 Å². The van der Waals surface area contributed by atoms with Crippen LogP contribution in [0.15, 0.2) is 66.9 Å². The second-order valence-corrected chi connectivity index (χ2v) is 7.63. The Kier molecular flexibility index (Phi) is 6.35. The van der Waals surface area contributed by atoms with E-state index in [9.17, 15) is 4.39 Å². The summed E-state index contributed by atoms with van der Waals surface area (Å²) in [5.41, 5.74) is 2.14. The van der Waals surface area contributed by atoms with Gasteiger partial charge in [-0.1, -0.05) is 48.5 Å². The lowest BCUT2D eigenvalue weighted by atomic mass is 9.90. The molecule has 2 aromatic carbocycles. The maximum Gasteiger partial charge on any atom is 0.227 e. The molecule has 29 heavy (non-hydrogen) atoms. The fraction of sp³-hybridized carbons (Fsp3) is 0.333. The van der Waals surface area contributed by atoms with Crippen LogP contribution in [0.4, 0.5) is 16.2 Å². The number of hydrogen-bond donors (Lipinski definition) is 1. The van der Waals surface area contributed by atoms with Crippen molar-refractivity contribution < 1.29 is 4.39 Å². The number of piperidine rings is 1. The van der Waals surface area contributed by atoms with Crippen LogP contribution in [0.2, 0.25) is 0 Å². The van der Waals surface area contributed by atoms with E-state index >= 15 is 0 Å². The van der Waals surface area contributed by atoms with Gasteiger partial charge in [0.05, 0.1) is 0 Å². The van der Waals surface area contributed by atoms with Crippen LogP contribution in [0.3, 0.4) is 0 Å². The summed E-state index contributed by atoms with van der Waals surface area (Å²) in [5, 5.41) is 3.30. The lowest BCUT2D eigenvalue weighted by Gasteiger charge is -2.32. The highest BCUT2D eigenvalue weighted by atomic mass is 19.1. The van der Waals surface area contributed by atoms with Crippen LogP contribution in [0.25, 0.3) is 0 Å². The van der Waals surface area contributed by atoms with Gasteiger partial charge in [0.1, 0.15) is 11.6 Å². The van der Waals surface area contributed by atoms with E-state index in [1.807, 2.05) is 18.2 Å². The molecule has 1 saturated heterocycles. The van der Waals surface area contributed by atoms with Gasteiger partial charge < -0.3 is 10.2 Å². The molecule has 0 bridgehead atoms. The monoisotopic (exact) mass is 390 g/mol. The Balaban J connectivity index is 1.28. The smallest absolute Gasteiger partial charge is 0.227 e. The largest absolute Gasteiger partial charge is 0.370 e. The van der Waals surface area contributed by atoms with E-state index in [2.05, 4.69) is 50.5 Å². The second-order valence-electron chi connectivity index (χ2n) is 7.63. The minimum absolute atomic E-state index is 0.156. The summed E-state index contributed by atoms with van der Waals surface area (Å²) in [7, 11) is 0. The molecular weight excluding hydrogens is 363 g/mol. The van der Waals surface area contributed by atoms with Gasteiger partial charge in [-0.3, -0.25) is 0 Å². The Labute approximate surface area is 171 Å². The summed E-state index contributed by atoms with van der Waals surface area (Å²) in [6.45, 7) is 2.60. The molecule has 4 nitrogen and oxygen atoms in total. The van der Waals surface area contributed by atoms with Gasteiger partial charge >= 0.3 is 0 Å². The molecule has 1 fully saturated rings. The van der Waals surface area contributed by atoms with Crippen molar-refractivity contribution >= 4 is 11.8 Å². The molecule has 1 N–H and O–H groups in total. The number of hydrogen-bond acceptors (Lipinski definition) is 4. The first kappa shape index (κ1) is 19.4. The lowest BCUT2D eigenvalue weighted by Crippen LogP contribution is -2.35. The number of halogens is 1. The minimum atomic E-state index is -0.156. The standard InChI is InChI=1S/C24H27FN4/c25-22-9-5-4-8-21(22)10-14-26-23-11-15-27-24(28-23)29-16-12-20(13-17-29)18-19-6-2-1-3-7-19/h1-9,11,15,20H,10,12-14,16-18H2,(H,26,27,28). The molecule has 0 saturated carbocycles. The van der Waals surface area contributed by atoms with Crippen molar-refractivity contribution in [3.63, 3.8) is 0 Å². The van der Waals surface area contributed by atoms with E-state index in [-0.39, 0.29) is 5.82 Å². The Bertz CT molecular complexity index is 908. The van der Waals surface area contributed by atoms with E-state index in [0.717, 1.165) is 55.6 Å². The fourth-order valence-corrected chi connectivity index (χ4v) is 3.91. The molecule has 0 aliphatic carbocycles. The van der Waals surface area contributed by atoms with Crippen LogP contribution in [0.1, 0.15) is 24.0 Å². The number of anilines is 2. The maximum absolute atomic E-state index is 13.7. The number of rotatable bonds is 7. The summed E-state index contributed by atoms with van der Waals surface area (Å²) in [5.74, 6) is 2.13. The molecule has 2 heterocycles. The molecule has 150 valence electrons. The van der Waals surface area contributed by atoms with E-state index < -0.39 is 0 Å². The van der Waals surface area contributed by atoms with E-state index in [1.54, 1.807) is 12.3 Å². The Hall–Kier alpha value is -2.95. The molecule has 5 heteroatoms. The average molecular weight is 391 g/mol. The SMILES string of the molecule is Fc1ccccc1CCNc1ccnc(N2CCC(Cc3ccccc3)CC2)n1. The number of nitrogens with zero attached hydrogens (tertiary/aromatic N) is 3. The zero-order valence-electron chi connectivity index (χ0n) is 16.6. The van der Waals surface area contributed by atoms with Gasteiger partial charge in [0.25, 0.3) is 0 Å². The summed E-state index contributed by atoms with van der Waals surface area (Å²) >= 11 is 0. The lowest BCUT2D eigenvalue weighted by molar-refractivity contribution is 0.400. The molecule has 0 amide bonds. The fourth-order valence-electron chi connectivity index (χ4n) is 3.91. The normalized spacial score (nSPS) is 14.7. The Morgan fingerprint density at radius 1 is 0.966 bits per heavy atom. The third-order valence-electron chi connectivity index (χ3n) is 5.57. The molecule has 4 rings (SSSR count). The van der Waals surface area contributed by atoms with Crippen LogP contribution in [-0.4, -0.2) is 29.6 Å². The first-order chi connectivity index (χ1) is 14.3. The van der Waals surface area contributed by atoms with E-state index in [1.165, 1.54) is 11.6 Å². The van der Waals surface area contributed by atoms with Crippen LogP contribution < -0.4 is 10.2 Å². The van der Waals surface area contributed by atoms with Crippen molar-refractivity contribution in [3.05, 3.63) is 83.8 Å². The highest BCUT2D eigenvalue weighted by Crippen LogP contribution is 2.24. The van der Waals surface area contributed by atoms with Crippen LogP contribution in [0.5, 0.6) is 0 Å². The first-order valence-electron chi connectivity index (χ1n) is 10.4. The number of benzene rings is 2. The summed E-state index contributed by atoms with van der Waals surface area (Å²) < 4.78 is 13.7. The molecule has 0 atom stereocenters. The van der Waals surface area contributed by atoms with Crippen molar-refractivity contribution in [1.29, 1.82) is 0 Å². The van der Waals surface area contributed by atoms with Gasteiger partial charge in [-0.25, -0.2) is 9.37 Å². The third-order valence-corrected chi connectivity index (χ3v) is 5.57. The molecule has 0 unspecified atom stereocenters. The van der Waals surface area contributed by atoms with E-state index in [4.69, 9.17) is 0 Å². The van der Waals surface area contributed by atoms with Gasteiger partial charge in [0.2, 0.25) is 5.95 Å². The van der Waals surface area contributed by atoms with Gasteiger partial charge in [-0.05, 0) is 54.9 Å². The molecule has 0 radical (unpaired) electrons. The molecule has 1 aliphatic heterocycles. The summed E-state index contributed by atoms with van der Waals surface area (Å²) in [6, 6.07) is 19.5. The molecule has 3 aromatic rings. The highest BCUT2D eigenvalue weighted by molar-refractivity contribution is 5.41. The third kappa shape index (κ3) is 5.31. The number of aromatic nitrogens is 2. The van der Waals surface area contributed by atoms with Crippen molar-refractivity contribution in [2.75, 3.05) is 29.9 Å². The Morgan fingerprint density at radius 2 is 1.72 bits per heavy atom. The molecule has 0 spiro atoms. The van der Waals surface area contributed by atoms with Crippen molar-refractivity contribution in [3.8, 4) is 0 Å². The topological polar surface area (TPSA) is 41.1 Å². The summed E-state index contributed by atoms with van der Waals surface area (Å²) in [4.78, 5) is 11.4. The minimum Gasteiger partial charge on any atom is -0.370 e. The van der Waals surface area contributed by atoms with Gasteiger partial charge in [0, 0.05) is 25.8 Å². The molecular formula is C24H27FN4. The predicted octanol–water partition coefficient (Wildman–Crippen LogP) is 4.73. The van der Waals surface area contributed by atoms with Crippen LogP contribution >= 0.6 is 0 Å². The zero-order valence-corrected chi connectivity index (χ0v) is 16.6. The predicted molar refractivity (Wildman–Crippen MR) is 116 cm³/mol. The second kappa shape index (κ2) is 9.50. The van der Waals surface area contributed by atoms with Gasteiger partial charge in [0.15, 0.2) is 0 Å². The quantitative estimate of drug-likeness (QED) is 0.633. The average Bonchev–Trinajstić information content (AvgIpc) is 2.77. The van der Waals surface area contributed by atoms with E-state index in [0.29, 0.717) is 13.0 Å².